The van der Waals surface area contributed by atoms with E-state index in [2.05, 4.69) is 0 Å². The molecule has 0 aromatic heterocycles. The number of esters is 1. The number of aliphatic hydroxyl groups excluding tert-OH is 1. The second kappa shape index (κ2) is 6.82. The molecule has 3 saturated carbocycles. The van der Waals surface area contributed by atoms with Crippen molar-refractivity contribution in [3.63, 3.8) is 0 Å². The van der Waals surface area contributed by atoms with Crippen molar-refractivity contribution in [2.45, 2.75) is 63.6 Å². The first kappa shape index (κ1) is 18.8. The van der Waals surface area contributed by atoms with Crippen molar-refractivity contribution in [2.24, 2.45) is 29.6 Å². The number of hydrogen-bond acceptors (Lipinski definition) is 6. The van der Waals surface area contributed by atoms with Crippen molar-refractivity contribution >= 4 is 17.5 Å². The first-order valence-electron chi connectivity index (χ1n) is 10.1. The van der Waals surface area contributed by atoms with Crippen LogP contribution in [0.25, 0.3) is 0 Å². The Labute approximate surface area is 159 Å². The average molecular weight is 376 g/mol. The van der Waals surface area contributed by atoms with Gasteiger partial charge >= 0.3 is 5.97 Å². The lowest BCUT2D eigenvalue weighted by atomic mass is 9.54. The van der Waals surface area contributed by atoms with Crippen molar-refractivity contribution < 1.29 is 29.3 Å². The highest BCUT2D eigenvalue weighted by molar-refractivity contribution is 5.91. The molecule has 0 amide bonds. The van der Waals surface area contributed by atoms with Crippen LogP contribution in [0, 0.1) is 29.6 Å². The summed E-state index contributed by atoms with van der Waals surface area (Å²) < 4.78 is 4.82. The first-order chi connectivity index (χ1) is 12.8. The molecule has 0 aromatic carbocycles. The zero-order valence-corrected chi connectivity index (χ0v) is 15.7. The molecule has 27 heavy (non-hydrogen) atoms. The van der Waals surface area contributed by atoms with Crippen LogP contribution in [-0.4, -0.2) is 46.1 Å². The molecule has 7 atom stereocenters. The van der Waals surface area contributed by atoms with Gasteiger partial charge in [0.25, 0.3) is 0 Å². The number of carbonyl (C=O) groups excluding carboxylic acids is 3. The fourth-order valence-electron chi connectivity index (χ4n) is 6.51. The molecule has 6 nitrogen and oxygen atoms in total. The summed E-state index contributed by atoms with van der Waals surface area (Å²) in [6.07, 6.45) is 5.83. The lowest BCUT2D eigenvalue weighted by Gasteiger charge is -2.52. The molecule has 0 bridgehead atoms. The van der Waals surface area contributed by atoms with E-state index < -0.39 is 30.1 Å². The van der Waals surface area contributed by atoms with Crippen molar-refractivity contribution in [3.8, 4) is 0 Å². The Balaban J connectivity index is 1.55. The third-order valence-corrected chi connectivity index (χ3v) is 7.62. The predicted molar refractivity (Wildman–Crippen MR) is 95.5 cm³/mol. The summed E-state index contributed by atoms with van der Waals surface area (Å²) in [7, 11) is 0. The molecule has 4 aliphatic rings. The van der Waals surface area contributed by atoms with E-state index in [0.717, 1.165) is 25.7 Å². The van der Waals surface area contributed by atoms with Gasteiger partial charge in [-0.15, -0.1) is 0 Å². The molecule has 0 spiro atoms. The van der Waals surface area contributed by atoms with Crippen LogP contribution >= 0.6 is 0 Å². The lowest BCUT2D eigenvalue weighted by Crippen LogP contribution is -2.54. The maximum atomic E-state index is 12.6. The number of carbonyl (C=O) groups is 3. The van der Waals surface area contributed by atoms with E-state index >= 15 is 0 Å². The molecule has 0 radical (unpaired) electrons. The maximum absolute atomic E-state index is 12.6. The number of fused-ring (bicyclic) bond motifs is 5. The number of rotatable bonds is 3. The first-order valence-corrected chi connectivity index (χ1v) is 10.1. The van der Waals surface area contributed by atoms with Gasteiger partial charge in [0.05, 0.1) is 6.10 Å². The molecule has 0 aliphatic heterocycles. The van der Waals surface area contributed by atoms with E-state index in [1.165, 1.54) is 12.5 Å². The molecule has 4 aliphatic carbocycles. The summed E-state index contributed by atoms with van der Waals surface area (Å²) in [5.41, 5.74) is -0.325. The molecule has 0 aromatic rings. The van der Waals surface area contributed by atoms with Gasteiger partial charge in [-0.25, -0.2) is 0 Å². The number of Topliss-reactive ketones (excluding diaryl/α,β-unsaturated/α-hetero) is 1. The second-order valence-electron chi connectivity index (χ2n) is 8.85. The Hall–Kier alpha value is -1.53. The molecular formula is C21H28O6. The lowest BCUT2D eigenvalue weighted by molar-refractivity contribution is -0.160. The number of ketones is 2. The molecule has 0 heterocycles. The minimum Gasteiger partial charge on any atom is -0.458 e. The topological polar surface area (TPSA) is 101 Å². The molecular weight excluding hydrogens is 348 g/mol. The second-order valence-corrected chi connectivity index (χ2v) is 8.85. The smallest absolute Gasteiger partial charge is 0.303 e. The zero-order valence-electron chi connectivity index (χ0n) is 15.7. The van der Waals surface area contributed by atoms with Gasteiger partial charge in [-0.05, 0) is 68.3 Å². The highest BCUT2D eigenvalue weighted by atomic mass is 16.5. The quantitative estimate of drug-likeness (QED) is 0.725. The number of allylic oxidation sites excluding steroid dienone is 1. The van der Waals surface area contributed by atoms with Crippen LogP contribution in [0.2, 0.25) is 0 Å². The van der Waals surface area contributed by atoms with Crippen LogP contribution in [0.4, 0.5) is 0 Å². The van der Waals surface area contributed by atoms with Gasteiger partial charge in [0, 0.05) is 19.3 Å². The Morgan fingerprint density at radius 3 is 2.74 bits per heavy atom. The summed E-state index contributed by atoms with van der Waals surface area (Å²) >= 11 is 0. The van der Waals surface area contributed by atoms with Gasteiger partial charge in [-0.2, -0.15) is 0 Å². The van der Waals surface area contributed by atoms with Gasteiger partial charge in [0.1, 0.15) is 5.60 Å². The summed E-state index contributed by atoms with van der Waals surface area (Å²) in [6.45, 7) is 0.836. The highest BCUT2D eigenvalue weighted by Gasteiger charge is 2.60. The average Bonchev–Trinajstić information content (AvgIpc) is 2.97. The van der Waals surface area contributed by atoms with Crippen molar-refractivity contribution in [1.82, 2.24) is 0 Å². The normalized spacial score (nSPS) is 43.2. The van der Waals surface area contributed by atoms with E-state index in [0.29, 0.717) is 19.3 Å². The van der Waals surface area contributed by atoms with Gasteiger partial charge < -0.3 is 14.9 Å². The van der Waals surface area contributed by atoms with Crippen molar-refractivity contribution in [3.05, 3.63) is 11.6 Å². The number of hydrogen-bond donors (Lipinski definition) is 2. The molecule has 2 N–H and O–H groups in total. The zero-order chi connectivity index (χ0) is 19.3. The molecule has 148 valence electrons. The van der Waals surface area contributed by atoms with Crippen LogP contribution < -0.4 is 0 Å². The SMILES string of the molecule is CC(=O)OCC(=O)[C@]1(O)CC[C@@H]2[C@@H]3CCC4=CC(=O)CC[C@@H]4[C@@H]3[C@@H](O)C[C@H]21. The monoisotopic (exact) mass is 376 g/mol. The van der Waals surface area contributed by atoms with E-state index in [1.807, 2.05) is 0 Å². The number of aliphatic hydroxyl groups is 2. The Kier molecular flexibility index (Phi) is 4.75. The fourth-order valence-corrected chi connectivity index (χ4v) is 6.51. The van der Waals surface area contributed by atoms with Crippen molar-refractivity contribution in [1.29, 1.82) is 0 Å². The summed E-state index contributed by atoms with van der Waals surface area (Å²) in [4.78, 5) is 35.4. The largest absolute Gasteiger partial charge is 0.458 e. The van der Waals surface area contributed by atoms with Gasteiger partial charge in [-0.3, -0.25) is 14.4 Å². The van der Waals surface area contributed by atoms with Crippen LogP contribution in [0.5, 0.6) is 0 Å². The summed E-state index contributed by atoms with van der Waals surface area (Å²) in [5.74, 6) is -0.248. The summed E-state index contributed by atoms with van der Waals surface area (Å²) in [6, 6.07) is 0. The van der Waals surface area contributed by atoms with E-state index in [1.54, 1.807) is 6.08 Å². The van der Waals surface area contributed by atoms with Crippen LogP contribution in [0.15, 0.2) is 11.6 Å². The number of ether oxygens (including phenoxy) is 1. The third-order valence-electron chi connectivity index (χ3n) is 7.62. The fraction of sp³-hybridized carbons (Fsp3) is 0.762. The van der Waals surface area contributed by atoms with E-state index in [4.69, 9.17) is 4.74 Å². The summed E-state index contributed by atoms with van der Waals surface area (Å²) in [5, 5.41) is 22.1. The maximum Gasteiger partial charge on any atom is 0.303 e. The van der Waals surface area contributed by atoms with Crippen LogP contribution in [0.3, 0.4) is 0 Å². The molecule has 3 fully saturated rings. The minimum atomic E-state index is -1.51. The van der Waals surface area contributed by atoms with E-state index in [9.17, 15) is 24.6 Å². The highest BCUT2D eigenvalue weighted by Crippen LogP contribution is 2.59. The Bertz CT molecular complexity index is 697. The molecule has 0 unspecified atom stereocenters. The molecule has 6 heteroatoms. The van der Waals surface area contributed by atoms with Crippen LogP contribution in [-0.2, 0) is 19.1 Å². The van der Waals surface area contributed by atoms with E-state index in [-0.39, 0.29) is 35.4 Å². The predicted octanol–water partition coefficient (Wildman–Crippen LogP) is 1.57. The third kappa shape index (κ3) is 3.07. The van der Waals surface area contributed by atoms with Gasteiger partial charge in [0.2, 0.25) is 5.78 Å². The molecule has 0 saturated heterocycles. The minimum absolute atomic E-state index is 0.116. The van der Waals surface area contributed by atoms with Gasteiger partial charge in [0.15, 0.2) is 12.4 Å². The molecule has 4 rings (SSSR count). The van der Waals surface area contributed by atoms with Crippen LogP contribution in [0.1, 0.15) is 51.9 Å². The van der Waals surface area contributed by atoms with Crippen molar-refractivity contribution in [2.75, 3.05) is 6.61 Å². The Morgan fingerprint density at radius 2 is 2.00 bits per heavy atom. The Morgan fingerprint density at radius 1 is 1.22 bits per heavy atom. The standard InChI is InChI=1S/C21H28O6/c1-11(22)27-10-19(25)21(26)7-6-15-16-4-2-12-8-13(23)3-5-14(12)20(16)18(24)9-17(15)21/h8,14-18,20,24,26H,2-7,9-10H2,1H3/t14-,15+,16-,17+,18-,20-,21-/m0/s1. The van der Waals surface area contributed by atoms with Gasteiger partial charge in [-0.1, -0.05) is 5.57 Å².